The minimum absolute atomic E-state index is 0.106. The van der Waals surface area contributed by atoms with Crippen molar-refractivity contribution in [1.29, 1.82) is 0 Å². The molecule has 2 aliphatic rings. The Hall–Kier alpha value is -1.80. The second-order valence-corrected chi connectivity index (χ2v) is 11.0. The Balaban J connectivity index is 0.00000121. The average Bonchev–Trinajstić information content (AvgIpc) is 2.84. The van der Waals surface area contributed by atoms with Crippen LogP contribution in [0.4, 0.5) is 37.7 Å². The number of piperazine rings is 1. The molecule has 0 spiro atoms. The summed E-state index contributed by atoms with van der Waals surface area (Å²) in [5, 5.41) is 0. The van der Waals surface area contributed by atoms with Crippen molar-refractivity contribution in [3.63, 3.8) is 0 Å². The summed E-state index contributed by atoms with van der Waals surface area (Å²) in [5.41, 5.74) is -0.872. The molecular weight excluding hydrogens is 636 g/mol. The molecule has 0 bridgehead atoms. The first-order valence-corrected chi connectivity index (χ1v) is 15.2. The number of aliphatic imine (C=N–C) groups is 2. The number of amidine groups is 2. The van der Waals surface area contributed by atoms with Crippen LogP contribution in [0.25, 0.3) is 0 Å². The number of halogens is 8. The monoisotopic (exact) mass is 658 g/mol. The van der Waals surface area contributed by atoms with Crippen molar-refractivity contribution < 1.29 is 42.3 Å². The van der Waals surface area contributed by atoms with E-state index < -0.39 is 23.5 Å². The number of hydrogen-bond acceptors (Lipinski definition) is 2. The Morgan fingerprint density at radius 3 is 1.24 bits per heavy atom. The minimum atomic E-state index is -4.45. The Labute approximate surface area is 227 Å². The maximum atomic E-state index is 12.9. The van der Waals surface area contributed by atoms with Gasteiger partial charge in [0.25, 0.3) is 0 Å². The van der Waals surface area contributed by atoms with Crippen LogP contribution in [0.3, 0.4) is 0 Å². The molecule has 1 saturated heterocycles. The molecule has 0 amide bonds. The van der Waals surface area contributed by atoms with Gasteiger partial charge in [0.05, 0.1) is 34.6 Å². The first-order valence-electron chi connectivity index (χ1n) is 11.2. The van der Waals surface area contributed by atoms with Gasteiger partial charge in [-0.15, -0.1) is 0 Å². The molecule has 0 radical (unpaired) electrons. The maximum absolute atomic E-state index is 12.9. The van der Waals surface area contributed by atoms with Gasteiger partial charge in [-0.25, -0.2) is 9.98 Å². The Morgan fingerprint density at radius 1 is 0.676 bits per heavy atom. The summed E-state index contributed by atoms with van der Waals surface area (Å²) < 4.78 is 77.7. The molecule has 2 atom stereocenters. The molecule has 1 aliphatic carbocycles. The summed E-state index contributed by atoms with van der Waals surface area (Å²) in [7, 11) is 13.4. The van der Waals surface area contributed by atoms with Gasteiger partial charge >= 0.3 is 47.4 Å². The van der Waals surface area contributed by atoms with Crippen LogP contribution in [0.2, 0.25) is 0 Å². The molecule has 1 saturated carbocycles. The molecule has 1 heterocycles. The molecule has 206 valence electrons. The van der Waals surface area contributed by atoms with Crippen molar-refractivity contribution in [3.05, 3.63) is 59.7 Å². The number of nitrogens with zero attached hydrogens (tertiary/aromatic N) is 4. The van der Waals surface area contributed by atoms with Crippen molar-refractivity contribution in [2.24, 2.45) is 9.98 Å². The zero-order chi connectivity index (χ0) is 27.4. The predicted molar refractivity (Wildman–Crippen MR) is 130 cm³/mol. The summed E-state index contributed by atoms with van der Waals surface area (Å²) in [5.74, 6) is 0.926. The van der Waals surface area contributed by atoms with Crippen LogP contribution in [0.15, 0.2) is 58.5 Å². The van der Waals surface area contributed by atoms with E-state index >= 15 is 0 Å². The quantitative estimate of drug-likeness (QED) is 0.241. The zero-order valence-corrected chi connectivity index (χ0v) is 22.8. The van der Waals surface area contributed by atoms with E-state index in [0.29, 0.717) is 23.0 Å². The van der Waals surface area contributed by atoms with E-state index in [1.165, 1.54) is 24.3 Å². The molecule has 2 aromatic carbocycles. The third kappa shape index (κ3) is 7.41. The Kier molecular flexibility index (Phi) is 9.95. The van der Waals surface area contributed by atoms with Gasteiger partial charge in [-0.3, -0.25) is 0 Å². The summed E-state index contributed by atoms with van der Waals surface area (Å²) in [4.78, 5) is 13.2. The normalized spacial score (nSPS) is 22.6. The van der Waals surface area contributed by atoms with Crippen LogP contribution in [0.1, 0.15) is 36.8 Å². The van der Waals surface area contributed by atoms with Gasteiger partial charge < -0.3 is 9.80 Å². The van der Waals surface area contributed by atoms with Gasteiger partial charge in [0.15, 0.2) is 11.7 Å². The molecule has 0 aromatic heterocycles. The number of rotatable bonds is 2. The molecule has 37 heavy (non-hydrogen) atoms. The topological polar surface area (TPSA) is 31.2 Å². The van der Waals surface area contributed by atoms with Crippen molar-refractivity contribution in [2.45, 2.75) is 50.1 Å². The zero-order valence-electron chi connectivity index (χ0n) is 19.7. The molecule has 0 unspecified atom stereocenters. The van der Waals surface area contributed by atoms with Gasteiger partial charge in [0, 0.05) is 14.1 Å². The summed E-state index contributed by atoms with van der Waals surface area (Å²) in [6.45, 7) is 0. The van der Waals surface area contributed by atoms with E-state index in [2.05, 4.69) is 9.98 Å². The fraction of sp³-hybridized carbons (Fsp3) is 0.417. The van der Waals surface area contributed by atoms with E-state index in [1.54, 1.807) is 0 Å². The van der Waals surface area contributed by atoms with Crippen LogP contribution >= 0.6 is 19.1 Å². The summed E-state index contributed by atoms with van der Waals surface area (Å²) in [6.07, 6.45) is -4.91. The first kappa shape index (κ1) is 29.8. The van der Waals surface area contributed by atoms with E-state index in [-0.39, 0.29) is 28.0 Å². The number of alkyl halides is 6. The van der Waals surface area contributed by atoms with E-state index in [9.17, 15) is 26.3 Å². The van der Waals surface area contributed by atoms with E-state index in [1.807, 2.05) is 23.9 Å². The summed E-state index contributed by atoms with van der Waals surface area (Å²) in [6, 6.07) is 9.39. The molecular formula is C24H24Cl2F6N4Pd. The van der Waals surface area contributed by atoms with Gasteiger partial charge in [-0.05, 0) is 61.4 Å². The molecule has 4 rings (SSSR count). The van der Waals surface area contributed by atoms with Crippen molar-refractivity contribution >= 4 is 42.1 Å². The number of hydrogen-bond donors (Lipinski definition) is 0. The van der Waals surface area contributed by atoms with E-state index in [0.717, 1.165) is 49.9 Å². The van der Waals surface area contributed by atoms with Gasteiger partial charge in [0.2, 0.25) is 0 Å². The van der Waals surface area contributed by atoms with Crippen LogP contribution in [-0.4, -0.2) is 47.7 Å². The SMILES string of the molecule is CN1C(=Nc2ccc(C(F)(F)F)cc2)C(=Nc2ccc(C(F)(F)F)cc2)N(C)[C@@H]2CCCC[C@H]21.[Cl][Pd][Cl]. The standard InChI is InChI=1S/C24H24F6N4.2ClH.Pd/c1-33-19-5-3-4-6-20(19)34(2)22(32-18-13-9-16(10-14-18)24(28,29)30)21(33)31-17-11-7-15(8-12-17)23(25,26)27;;;/h7-14,19-20H,3-6H2,1-2H3;2*1H;/q;;;+2/p-2/t19-,20-;;;/m1.../s1. The number of likely N-dealkylation sites (N-methyl/N-ethyl adjacent to an activating group) is 2. The van der Waals surface area contributed by atoms with Crippen LogP contribution in [-0.2, 0) is 28.3 Å². The molecule has 2 fully saturated rings. The molecule has 4 nitrogen and oxygen atoms in total. The van der Waals surface area contributed by atoms with Crippen LogP contribution in [0.5, 0.6) is 0 Å². The van der Waals surface area contributed by atoms with Crippen LogP contribution in [0, 0.1) is 0 Å². The third-order valence-corrected chi connectivity index (χ3v) is 6.42. The summed E-state index contributed by atoms with van der Waals surface area (Å²) >= 11 is -0.106. The second kappa shape index (κ2) is 12.4. The number of benzene rings is 2. The molecule has 0 N–H and O–H groups in total. The fourth-order valence-electron chi connectivity index (χ4n) is 4.58. The van der Waals surface area contributed by atoms with Gasteiger partial charge in [-0.1, -0.05) is 12.8 Å². The van der Waals surface area contributed by atoms with Gasteiger partial charge in [-0.2, -0.15) is 26.3 Å². The van der Waals surface area contributed by atoms with E-state index in [4.69, 9.17) is 19.1 Å². The Morgan fingerprint density at radius 2 is 0.973 bits per heavy atom. The van der Waals surface area contributed by atoms with Crippen molar-refractivity contribution in [2.75, 3.05) is 14.1 Å². The predicted octanol–water partition coefficient (Wildman–Crippen LogP) is 8.05. The third-order valence-electron chi connectivity index (χ3n) is 6.42. The first-order chi connectivity index (χ1) is 17.4. The fourth-order valence-corrected chi connectivity index (χ4v) is 4.58. The van der Waals surface area contributed by atoms with Crippen molar-refractivity contribution in [3.8, 4) is 0 Å². The Bertz CT molecular complexity index is 1020. The average molecular weight is 660 g/mol. The molecule has 2 aromatic rings. The number of fused-ring (bicyclic) bond motifs is 1. The van der Waals surface area contributed by atoms with Crippen molar-refractivity contribution in [1.82, 2.24) is 9.80 Å². The second-order valence-electron chi connectivity index (χ2n) is 8.65. The molecule has 1 aliphatic heterocycles. The molecule has 13 heteroatoms. The van der Waals surface area contributed by atoms with Gasteiger partial charge in [0.1, 0.15) is 0 Å². The van der Waals surface area contributed by atoms with Crippen LogP contribution < -0.4 is 0 Å².